The van der Waals surface area contributed by atoms with Crippen LogP contribution in [0, 0.1) is 0 Å². The minimum atomic E-state index is -3.42. The highest BCUT2D eigenvalue weighted by Gasteiger charge is 2.22. The van der Waals surface area contributed by atoms with Crippen LogP contribution in [-0.2, 0) is 21.2 Å². The molecule has 0 saturated heterocycles. The molecule has 0 saturated carbocycles. The zero-order valence-electron chi connectivity index (χ0n) is 13.3. The molecule has 0 aromatic heterocycles. The van der Waals surface area contributed by atoms with Crippen LogP contribution in [0.25, 0.3) is 0 Å². The lowest BCUT2D eigenvalue weighted by molar-refractivity contribution is 0.166. The fraction of sp³-hybridized carbons (Fsp3) is 0.600. The largest absolute Gasteiger partial charge is 0.383 e. The second-order valence-corrected chi connectivity index (χ2v) is 7.33. The third kappa shape index (κ3) is 5.07. The van der Waals surface area contributed by atoms with Crippen molar-refractivity contribution in [3.05, 3.63) is 29.8 Å². The van der Waals surface area contributed by atoms with E-state index in [2.05, 4.69) is 12.2 Å². The van der Waals surface area contributed by atoms with Crippen LogP contribution >= 0.6 is 0 Å². The monoisotopic (exact) mass is 314 g/mol. The molecule has 1 atom stereocenters. The molecule has 0 spiro atoms. The summed E-state index contributed by atoms with van der Waals surface area (Å²) >= 11 is 0. The molecular weight excluding hydrogens is 288 g/mol. The Morgan fingerprint density at radius 1 is 1.29 bits per heavy atom. The molecule has 0 bridgehead atoms. The molecule has 1 aromatic carbocycles. The molecule has 1 N–H and O–H groups in total. The SMILES string of the molecule is CCCNC(COC)Cc1ccccc1S(=O)(=O)N(C)C. The van der Waals surface area contributed by atoms with E-state index in [0.29, 0.717) is 17.9 Å². The van der Waals surface area contributed by atoms with Gasteiger partial charge < -0.3 is 10.1 Å². The number of methoxy groups -OCH3 is 1. The summed E-state index contributed by atoms with van der Waals surface area (Å²) in [6.45, 7) is 3.54. The minimum absolute atomic E-state index is 0.105. The van der Waals surface area contributed by atoms with Gasteiger partial charge in [0.1, 0.15) is 0 Å². The second kappa shape index (κ2) is 8.48. The van der Waals surface area contributed by atoms with E-state index in [9.17, 15) is 8.42 Å². The van der Waals surface area contributed by atoms with Crippen LogP contribution in [-0.4, -0.2) is 53.1 Å². The number of nitrogens with zero attached hydrogens (tertiary/aromatic N) is 1. The van der Waals surface area contributed by atoms with E-state index in [1.165, 1.54) is 4.31 Å². The molecule has 0 radical (unpaired) electrons. The van der Waals surface area contributed by atoms with Gasteiger partial charge in [-0.15, -0.1) is 0 Å². The molecule has 5 nitrogen and oxygen atoms in total. The van der Waals surface area contributed by atoms with E-state index < -0.39 is 10.0 Å². The van der Waals surface area contributed by atoms with Crippen molar-refractivity contribution in [3.8, 4) is 0 Å². The van der Waals surface area contributed by atoms with Gasteiger partial charge in [-0.2, -0.15) is 0 Å². The van der Waals surface area contributed by atoms with Gasteiger partial charge in [-0.1, -0.05) is 25.1 Å². The van der Waals surface area contributed by atoms with Crippen LogP contribution in [0.1, 0.15) is 18.9 Å². The Hall–Kier alpha value is -0.950. The van der Waals surface area contributed by atoms with Crippen molar-refractivity contribution >= 4 is 10.0 Å². The maximum atomic E-state index is 12.4. The molecular formula is C15H26N2O3S. The van der Waals surface area contributed by atoms with Crippen molar-refractivity contribution in [2.75, 3.05) is 34.4 Å². The fourth-order valence-electron chi connectivity index (χ4n) is 2.13. The van der Waals surface area contributed by atoms with E-state index in [4.69, 9.17) is 4.74 Å². The van der Waals surface area contributed by atoms with Crippen molar-refractivity contribution in [2.24, 2.45) is 0 Å². The van der Waals surface area contributed by atoms with E-state index >= 15 is 0 Å². The number of hydrogen-bond donors (Lipinski definition) is 1. The van der Waals surface area contributed by atoms with Gasteiger partial charge in [0, 0.05) is 27.2 Å². The lowest BCUT2D eigenvalue weighted by Gasteiger charge is -2.20. The predicted octanol–water partition coefficient (Wildman–Crippen LogP) is 1.49. The molecule has 0 aliphatic heterocycles. The van der Waals surface area contributed by atoms with E-state index in [1.807, 2.05) is 12.1 Å². The Kier molecular flexibility index (Phi) is 7.31. The quantitative estimate of drug-likeness (QED) is 0.750. The molecule has 21 heavy (non-hydrogen) atoms. The molecule has 1 unspecified atom stereocenters. The summed E-state index contributed by atoms with van der Waals surface area (Å²) in [7, 11) is 1.33. The van der Waals surface area contributed by atoms with Crippen molar-refractivity contribution in [2.45, 2.75) is 30.7 Å². The molecule has 120 valence electrons. The first-order valence-corrected chi connectivity index (χ1v) is 8.60. The topological polar surface area (TPSA) is 58.6 Å². The molecule has 0 amide bonds. The standard InChI is InChI=1S/C15H26N2O3S/c1-5-10-16-14(12-20-4)11-13-8-6-7-9-15(13)21(18,19)17(2)3/h6-9,14,16H,5,10-12H2,1-4H3. The lowest BCUT2D eigenvalue weighted by Crippen LogP contribution is -2.36. The number of sulfonamides is 1. The minimum Gasteiger partial charge on any atom is -0.383 e. The Morgan fingerprint density at radius 3 is 2.52 bits per heavy atom. The summed E-state index contributed by atoms with van der Waals surface area (Å²) in [5.74, 6) is 0. The summed E-state index contributed by atoms with van der Waals surface area (Å²) in [4.78, 5) is 0.370. The molecule has 1 aromatic rings. The van der Waals surface area contributed by atoms with Gasteiger partial charge in [-0.25, -0.2) is 12.7 Å². The van der Waals surface area contributed by atoms with E-state index in [0.717, 1.165) is 18.5 Å². The van der Waals surface area contributed by atoms with Gasteiger partial charge >= 0.3 is 0 Å². The smallest absolute Gasteiger partial charge is 0.242 e. The van der Waals surface area contributed by atoms with Crippen LogP contribution in [0.4, 0.5) is 0 Å². The highest BCUT2D eigenvalue weighted by molar-refractivity contribution is 7.89. The zero-order chi connectivity index (χ0) is 15.9. The van der Waals surface area contributed by atoms with Crippen LogP contribution in [0.3, 0.4) is 0 Å². The second-order valence-electron chi connectivity index (χ2n) is 5.21. The number of rotatable bonds is 9. The molecule has 6 heteroatoms. The third-order valence-corrected chi connectivity index (χ3v) is 5.16. The normalized spacial score (nSPS) is 13.6. The van der Waals surface area contributed by atoms with E-state index in [-0.39, 0.29) is 6.04 Å². The van der Waals surface area contributed by atoms with Crippen molar-refractivity contribution < 1.29 is 13.2 Å². The Labute approximate surface area is 128 Å². The summed E-state index contributed by atoms with van der Waals surface area (Å²) in [6.07, 6.45) is 1.65. The number of hydrogen-bond acceptors (Lipinski definition) is 4. The Bertz CT molecular complexity index is 529. The van der Waals surface area contributed by atoms with E-state index in [1.54, 1.807) is 33.3 Å². The molecule has 0 aliphatic carbocycles. The van der Waals surface area contributed by atoms with Gasteiger partial charge in [0.2, 0.25) is 10.0 Å². The first kappa shape index (κ1) is 18.1. The maximum Gasteiger partial charge on any atom is 0.242 e. The summed E-state index contributed by atoms with van der Waals surface area (Å²) in [5, 5.41) is 3.39. The van der Waals surface area contributed by atoms with Gasteiger partial charge in [0.15, 0.2) is 0 Å². The fourth-order valence-corrected chi connectivity index (χ4v) is 3.25. The zero-order valence-corrected chi connectivity index (χ0v) is 14.1. The van der Waals surface area contributed by atoms with Crippen molar-refractivity contribution in [3.63, 3.8) is 0 Å². The molecule has 0 aliphatic rings. The molecule has 0 fully saturated rings. The maximum absolute atomic E-state index is 12.4. The molecule has 1 rings (SSSR count). The number of ether oxygens (including phenoxy) is 1. The average Bonchev–Trinajstić information content (AvgIpc) is 2.45. The van der Waals surface area contributed by atoms with Gasteiger partial charge in [0.25, 0.3) is 0 Å². The summed E-state index contributed by atoms with van der Waals surface area (Å²) in [5.41, 5.74) is 0.817. The Balaban J connectivity index is 3.02. The predicted molar refractivity (Wildman–Crippen MR) is 85.0 cm³/mol. The van der Waals surface area contributed by atoms with Crippen LogP contribution < -0.4 is 5.32 Å². The third-order valence-electron chi connectivity index (χ3n) is 3.25. The number of nitrogens with one attached hydrogen (secondary N) is 1. The highest BCUT2D eigenvalue weighted by Crippen LogP contribution is 2.20. The molecule has 0 heterocycles. The van der Waals surface area contributed by atoms with Gasteiger partial charge in [0.05, 0.1) is 11.5 Å². The Morgan fingerprint density at radius 2 is 1.95 bits per heavy atom. The summed E-state index contributed by atoms with van der Waals surface area (Å²) < 4.78 is 31.2. The average molecular weight is 314 g/mol. The first-order valence-electron chi connectivity index (χ1n) is 7.16. The van der Waals surface area contributed by atoms with Gasteiger partial charge in [-0.3, -0.25) is 0 Å². The van der Waals surface area contributed by atoms with Crippen LogP contribution in [0.2, 0.25) is 0 Å². The lowest BCUT2D eigenvalue weighted by atomic mass is 10.1. The van der Waals surface area contributed by atoms with Crippen LogP contribution in [0.5, 0.6) is 0 Å². The summed E-state index contributed by atoms with van der Waals surface area (Å²) in [6, 6.07) is 7.26. The van der Waals surface area contributed by atoms with Gasteiger partial charge in [-0.05, 0) is 31.0 Å². The van der Waals surface area contributed by atoms with Crippen molar-refractivity contribution in [1.82, 2.24) is 9.62 Å². The van der Waals surface area contributed by atoms with Crippen LogP contribution in [0.15, 0.2) is 29.2 Å². The number of benzene rings is 1. The van der Waals surface area contributed by atoms with Crippen molar-refractivity contribution in [1.29, 1.82) is 0 Å². The highest BCUT2D eigenvalue weighted by atomic mass is 32.2. The first-order chi connectivity index (χ1) is 9.93.